The summed E-state index contributed by atoms with van der Waals surface area (Å²) in [5.74, 6) is 0. The van der Waals surface area contributed by atoms with Crippen molar-refractivity contribution in [3.05, 3.63) is 113 Å². The third-order valence-electron chi connectivity index (χ3n) is 6.38. The number of nitrogens with zero attached hydrogens (tertiary/aromatic N) is 4. The van der Waals surface area contributed by atoms with Gasteiger partial charge in [0.05, 0.1) is 17.8 Å². The van der Waals surface area contributed by atoms with Crippen molar-refractivity contribution in [2.24, 2.45) is 0 Å². The van der Waals surface area contributed by atoms with Crippen LogP contribution in [0.4, 0.5) is 0 Å². The lowest BCUT2D eigenvalue weighted by atomic mass is 9.96. The zero-order chi connectivity index (χ0) is 22.9. The number of thiocarbonyl (C=S) groups is 1. The van der Waals surface area contributed by atoms with Gasteiger partial charge in [0.1, 0.15) is 0 Å². The molecule has 33 heavy (non-hydrogen) atoms. The molecule has 0 radical (unpaired) electrons. The van der Waals surface area contributed by atoms with Gasteiger partial charge in [0.25, 0.3) is 0 Å². The van der Waals surface area contributed by atoms with Crippen LogP contribution in [-0.4, -0.2) is 24.5 Å². The summed E-state index contributed by atoms with van der Waals surface area (Å²) in [7, 11) is 0. The van der Waals surface area contributed by atoms with E-state index in [1.807, 2.05) is 42.9 Å². The van der Waals surface area contributed by atoms with E-state index in [2.05, 4.69) is 81.9 Å². The zero-order valence-corrected chi connectivity index (χ0v) is 19.9. The Balaban J connectivity index is 1.61. The molecule has 6 heteroatoms. The first-order chi connectivity index (χ1) is 16.0. The zero-order valence-electron chi connectivity index (χ0n) is 19.1. The van der Waals surface area contributed by atoms with Crippen molar-refractivity contribution in [2.75, 3.05) is 0 Å². The van der Waals surface area contributed by atoms with Crippen LogP contribution >= 0.6 is 12.2 Å². The lowest BCUT2D eigenvalue weighted by Crippen LogP contribution is -2.29. The molecule has 1 aliphatic rings. The molecule has 1 aliphatic heterocycles. The van der Waals surface area contributed by atoms with Crippen LogP contribution in [0.2, 0.25) is 0 Å². The molecule has 3 aromatic heterocycles. The van der Waals surface area contributed by atoms with Crippen LogP contribution in [0, 0.1) is 20.8 Å². The number of nitrogens with one attached hydrogen (secondary N) is 1. The van der Waals surface area contributed by atoms with E-state index < -0.39 is 0 Å². The first-order valence-corrected chi connectivity index (χ1v) is 11.6. The Kier molecular flexibility index (Phi) is 5.68. The van der Waals surface area contributed by atoms with Crippen LogP contribution in [0.25, 0.3) is 5.69 Å². The summed E-state index contributed by atoms with van der Waals surface area (Å²) in [6, 6.07) is 21.1. The van der Waals surface area contributed by atoms with Gasteiger partial charge in [-0.1, -0.05) is 23.8 Å². The Labute approximate surface area is 200 Å². The highest BCUT2D eigenvalue weighted by Gasteiger charge is 2.41. The van der Waals surface area contributed by atoms with Crippen molar-refractivity contribution in [1.82, 2.24) is 24.8 Å². The van der Waals surface area contributed by atoms with Gasteiger partial charge >= 0.3 is 0 Å². The van der Waals surface area contributed by atoms with E-state index in [4.69, 9.17) is 12.2 Å². The topological polar surface area (TPSA) is 46.0 Å². The second-order valence-electron chi connectivity index (χ2n) is 8.61. The van der Waals surface area contributed by atoms with Gasteiger partial charge in [-0.3, -0.25) is 9.97 Å². The summed E-state index contributed by atoms with van der Waals surface area (Å²) < 4.78 is 2.33. The third-order valence-corrected chi connectivity index (χ3v) is 6.73. The molecule has 1 saturated heterocycles. The Hall–Kier alpha value is -3.51. The average Bonchev–Trinajstić information content (AvgIpc) is 3.31. The molecule has 4 heterocycles. The third kappa shape index (κ3) is 4.02. The Morgan fingerprint density at radius 1 is 0.939 bits per heavy atom. The summed E-state index contributed by atoms with van der Waals surface area (Å²) in [5, 5.41) is 4.31. The molecule has 1 fully saturated rings. The lowest BCUT2D eigenvalue weighted by Gasteiger charge is -2.28. The maximum atomic E-state index is 5.85. The van der Waals surface area contributed by atoms with Crippen molar-refractivity contribution in [2.45, 2.75) is 39.4 Å². The second-order valence-corrected chi connectivity index (χ2v) is 8.99. The van der Waals surface area contributed by atoms with Crippen LogP contribution in [0.15, 0.2) is 79.3 Å². The molecule has 0 saturated carbocycles. The predicted octanol–water partition coefficient (Wildman–Crippen LogP) is 5.37. The molecule has 0 aliphatic carbocycles. The number of pyridine rings is 2. The van der Waals surface area contributed by atoms with Crippen LogP contribution < -0.4 is 5.32 Å². The van der Waals surface area contributed by atoms with E-state index in [-0.39, 0.29) is 12.1 Å². The van der Waals surface area contributed by atoms with Crippen LogP contribution in [0.3, 0.4) is 0 Å². The number of aryl methyl sites for hydroxylation is 2. The lowest BCUT2D eigenvalue weighted by molar-refractivity contribution is 0.310. The van der Waals surface area contributed by atoms with Gasteiger partial charge in [0, 0.05) is 42.2 Å². The fourth-order valence-electron chi connectivity index (χ4n) is 4.78. The molecule has 0 amide bonds. The van der Waals surface area contributed by atoms with Gasteiger partial charge in [0.15, 0.2) is 5.11 Å². The van der Waals surface area contributed by atoms with Crippen molar-refractivity contribution in [3.63, 3.8) is 0 Å². The predicted molar refractivity (Wildman–Crippen MR) is 135 cm³/mol. The summed E-state index contributed by atoms with van der Waals surface area (Å²) in [4.78, 5) is 11.1. The maximum Gasteiger partial charge on any atom is 0.170 e. The Morgan fingerprint density at radius 2 is 1.70 bits per heavy atom. The molecule has 0 bridgehead atoms. The van der Waals surface area contributed by atoms with Crippen LogP contribution in [0.1, 0.15) is 45.9 Å². The number of hydrogen-bond donors (Lipinski definition) is 1. The number of hydrogen-bond acceptors (Lipinski definition) is 3. The molecule has 1 N–H and O–H groups in total. The van der Waals surface area contributed by atoms with E-state index >= 15 is 0 Å². The summed E-state index contributed by atoms with van der Waals surface area (Å²) in [6.07, 6.45) is 5.50. The molecule has 1 aromatic carbocycles. The summed E-state index contributed by atoms with van der Waals surface area (Å²) in [5.41, 5.74) is 8.26. The molecule has 4 aromatic rings. The quantitative estimate of drug-likeness (QED) is 0.412. The highest BCUT2D eigenvalue weighted by Crippen LogP contribution is 2.42. The van der Waals surface area contributed by atoms with Crippen molar-refractivity contribution in [3.8, 4) is 5.69 Å². The van der Waals surface area contributed by atoms with E-state index in [0.29, 0.717) is 6.54 Å². The van der Waals surface area contributed by atoms with E-state index in [1.54, 1.807) is 0 Å². The molecule has 5 nitrogen and oxygen atoms in total. The highest BCUT2D eigenvalue weighted by atomic mass is 32.1. The monoisotopic (exact) mass is 453 g/mol. The minimum atomic E-state index is -0.0347. The number of benzene rings is 1. The molecular weight excluding hydrogens is 426 g/mol. The SMILES string of the molecule is Cc1ccc(-n2c(C)cc([C@@H]3[C@H](c4ccccn4)NC(=S)N3Cc3ccncc3)c2C)cc1. The van der Waals surface area contributed by atoms with Gasteiger partial charge in [-0.05, 0) is 86.6 Å². The van der Waals surface area contributed by atoms with Gasteiger partial charge in [0.2, 0.25) is 0 Å². The maximum absolute atomic E-state index is 5.85. The molecule has 0 spiro atoms. The highest BCUT2D eigenvalue weighted by molar-refractivity contribution is 7.80. The van der Waals surface area contributed by atoms with Gasteiger partial charge in [-0.25, -0.2) is 0 Å². The van der Waals surface area contributed by atoms with Crippen LogP contribution in [0.5, 0.6) is 0 Å². The minimum absolute atomic E-state index is 0.0194. The van der Waals surface area contributed by atoms with Crippen molar-refractivity contribution < 1.29 is 0 Å². The molecular formula is C27H27N5S. The fourth-order valence-corrected chi connectivity index (χ4v) is 5.08. The normalized spacial score (nSPS) is 17.9. The van der Waals surface area contributed by atoms with Crippen molar-refractivity contribution in [1.29, 1.82) is 0 Å². The standard InChI is InChI=1S/C27H27N5S/c1-18-7-9-22(10-8-18)32-19(2)16-23(20(32)3)26-25(24-6-4-5-13-29-24)30-27(33)31(26)17-21-11-14-28-15-12-21/h4-16,25-26H,17H2,1-3H3,(H,30,33)/t25-,26+/m0/s1. The Bertz CT molecular complexity index is 1270. The average molecular weight is 454 g/mol. The molecule has 5 rings (SSSR count). The Morgan fingerprint density at radius 3 is 2.39 bits per heavy atom. The first kappa shape index (κ1) is 21.3. The molecule has 0 unspecified atom stereocenters. The van der Waals surface area contributed by atoms with E-state index in [1.165, 1.54) is 33.8 Å². The first-order valence-electron chi connectivity index (χ1n) is 11.2. The van der Waals surface area contributed by atoms with Crippen molar-refractivity contribution >= 4 is 17.3 Å². The van der Waals surface area contributed by atoms with E-state index in [9.17, 15) is 0 Å². The van der Waals surface area contributed by atoms with Crippen LogP contribution in [-0.2, 0) is 6.54 Å². The molecule has 2 atom stereocenters. The smallest absolute Gasteiger partial charge is 0.170 e. The van der Waals surface area contributed by atoms with Gasteiger partial charge in [-0.2, -0.15) is 0 Å². The fraction of sp³-hybridized carbons (Fsp3) is 0.222. The summed E-state index contributed by atoms with van der Waals surface area (Å²) in [6.45, 7) is 7.18. The van der Waals surface area contributed by atoms with Gasteiger partial charge in [-0.15, -0.1) is 0 Å². The number of rotatable bonds is 5. The van der Waals surface area contributed by atoms with Gasteiger partial charge < -0.3 is 14.8 Å². The minimum Gasteiger partial charge on any atom is -0.352 e. The number of aromatic nitrogens is 3. The second kappa shape index (κ2) is 8.79. The largest absolute Gasteiger partial charge is 0.352 e. The van der Waals surface area contributed by atoms with E-state index in [0.717, 1.165) is 10.8 Å². The molecule has 166 valence electrons. The summed E-state index contributed by atoms with van der Waals surface area (Å²) >= 11 is 5.85.